The van der Waals surface area contributed by atoms with E-state index in [0.29, 0.717) is 16.5 Å². The van der Waals surface area contributed by atoms with E-state index in [4.69, 9.17) is 0 Å². The van der Waals surface area contributed by atoms with Gasteiger partial charge in [-0.05, 0) is 186 Å². The number of likely N-dealkylation sites (tertiary alicyclic amines) is 2. The summed E-state index contributed by atoms with van der Waals surface area (Å²) < 4.78 is 0. The second kappa shape index (κ2) is 24.5. The van der Waals surface area contributed by atoms with E-state index in [9.17, 15) is 20.6 Å². The molecule has 2 heterocycles. The molecule has 1 aliphatic carbocycles. The SMILES string of the molecule is N#C/C(=C(/C#N)[N+](=O)[O-])c1ccc2c3c(ccc2c1)C#CC#Cc1ccc2cc(C=C(N4CCCC4)N4CCCC4)ccc2c1-c1c(ccc2ccccc12)C#CC#Cc1ccc2ccccc2c1-c1c(ccc2ccccc12)C#CC#Cc1ccc2ccccc2c1-3. The Morgan fingerprint density at radius 1 is 0.376 bits per heavy atom. The summed E-state index contributed by atoms with van der Waals surface area (Å²) in [7, 11) is 0. The zero-order valence-electron chi connectivity index (χ0n) is 50.4. The first-order chi connectivity index (χ1) is 45.9. The maximum absolute atomic E-state index is 12.1. The van der Waals surface area contributed by atoms with Crippen LogP contribution in [0, 0.1) is 104 Å². The summed E-state index contributed by atoms with van der Waals surface area (Å²) in [4.78, 5) is 16.4. The molecular formula is C86H51N5O2. The molecule has 2 aliphatic heterocycles. The van der Waals surface area contributed by atoms with Gasteiger partial charge in [0.05, 0.1) is 4.92 Å². The molecule has 3 aliphatic rings. The molecular weight excluding hydrogens is 1130 g/mol. The minimum absolute atomic E-state index is 0.233. The van der Waals surface area contributed by atoms with Crippen LogP contribution in [0.3, 0.4) is 0 Å². The second-order valence-corrected chi connectivity index (χ2v) is 23.3. The van der Waals surface area contributed by atoms with Crippen LogP contribution in [0.15, 0.2) is 218 Å². The summed E-state index contributed by atoms with van der Waals surface area (Å²) in [6.45, 7) is 4.25. The first-order valence-corrected chi connectivity index (χ1v) is 31.1. The minimum atomic E-state index is -0.836. The van der Waals surface area contributed by atoms with E-state index in [-0.39, 0.29) is 11.1 Å². The summed E-state index contributed by atoms with van der Waals surface area (Å²) in [5.41, 5.74) is 9.97. The molecule has 12 aromatic rings. The van der Waals surface area contributed by atoms with Crippen LogP contribution >= 0.6 is 0 Å². The number of nitriles is 2. The Kier molecular flexibility index (Phi) is 14.9. The normalized spacial score (nSPS) is 13.2. The molecule has 0 aromatic heterocycles. The second-order valence-electron chi connectivity index (χ2n) is 23.3. The van der Waals surface area contributed by atoms with E-state index < -0.39 is 10.6 Å². The van der Waals surface area contributed by atoms with Crippen molar-refractivity contribution in [1.29, 1.82) is 10.5 Å². The van der Waals surface area contributed by atoms with Crippen LogP contribution < -0.4 is 0 Å². The van der Waals surface area contributed by atoms with Gasteiger partial charge in [0.2, 0.25) is 0 Å². The topological polar surface area (TPSA) is 97.2 Å². The molecule has 15 rings (SSSR count). The average molecular weight is 1190 g/mol. The van der Waals surface area contributed by atoms with Crippen LogP contribution in [0.2, 0.25) is 0 Å². The predicted octanol–water partition coefficient (Wildman–Crippen LogP) is 17.7. The number of allylic oxidation sites excluding steroid dienone is 2. The molecule has 0 unspecified atom stereocenters. The van der Waals surface area contributed by atoms with Gasteiger partial charge in [0.1, 0.15) is 17.5 Å². The molecule has 7 heteroatoms. The van der Waals surface area contributed by atoms with E-state index in [1.54, 1.807) is 18.2 Å². The minimum Gasteiger partial charge on any atom is -0.358 e. The Morgan fingerprint density at radius 2 is 0.688 bits per heavy atom. The number of hydrogen-bond acceptors (Lipinski definition) is 6. The third-order valence-electron chi connectivity index (χ3n) is 18.0. The third-order valence-corrected chi connectivity index (χ3v) is 18.0. The maximum atomic E-state index is 12.1. The van der Waals surface area contributed by atoms with Crippen molar-refractivity contribution in [2.24, 2.45) is 0 Å². The Labute approximate surface area is 539 Å². The Balaban J connectivity index is 1.02. The van der Waals surface area contributed by atoms with Crippen LogP contribution in [-0.2, 0) is 0 Å². The number of fused-ring (bicyclic) bond motifs is 21. The van der Waals surface area contributed by atoms with Gasteiger partial charge in [-0.3, -0.25) is 10.1 Å². The van der Waals surface area contributed by atoms with Gasteiger partial charge in [0.15, 0.2) is 6.07 Å². The first kappa shape index (κ1) is 56.5. The number of nitrogens with zero attached hydrogens (tertiary/aromatic N) is 5. The maximum Gasteiger partial charge on any atom is 0.363 e. The van der Waals surface area contributed by atoms with Crippen LogP contribution in [0.4, 0.5) is 0 Å². The molecule has 0 N–H and O–H groups in total. The Morgan fingerprint density at radius 3 is 1.02 bits per heavy atom. The lowest BCUT2D eigenvalue weighted by Crippen LogP contribution is -2.31. The quantitative estimate of drug-likeness (QED) is 0.0737. The number of rotatable bonds is 5. The highest BCUT2D eigenvalue weighted by atomic mass is 16.6. The highest BCUT2D eigenvalue weighted by Gasteiger charge is 2.25. The molecule has 12 aromatic carbocycles. The fourth-order valence-electron chi connectivity index (χ4n) is 13.7. The van der Waals surface area contributed by atoms with E-state index in [0.717, 1.165) is 147 Å². The van der Waals surface area contributed by atoms with Crippen molar-refractivity contribution < 1.29 is 4.92 Å². The van der Waals surface area contributed by atoms with Crippen molar-refractivity contribution in [2.75, 3.05) is 26.2 Å². The standard InChI is InChI=1S/C86H51N5O2/c87-56-78(79(57-88)91(92)93)71-46-48-77-70(55-71)45-43-68-28-6-5-27-67-42-44-69-53-58(54-80(89-49-15-16-50-89)90-51-17-18-52-90)33-47-76(69)85(67)83-65(40-36-61-21-9-13-31-74(61)83)25-3-1-23-63-38-34-59-19-7-11-29-72(59)81(63)82-64(39-35-60-20-8-12-30-73(60)82)24-2-4-26-66-41-37-62-22-10-14-32-75(62)84(66)86(68)77/h7-14,19-22,29-48,53-55H,15-18,49-52H2/b79-78+,82-81?,85-83?,86-84?. The van der Waals surface area contributed by atoms with Gasteiger partial charge in [-0.15, -0.1) is 0 Å². The van der Waals surface area contributed by atoms with Gasteiger partial charge < -0.3 is 9.80 Å². The predicted molar refractivity (Wildman–Crippen MR) is 377 cm³/mol. The van der Waals surface area contributed by atoms with Crippen molar-refractivity contribution in [1.82, 2.24) is 9.80 Å². The first-order valence-electron chi connectivity index (χ1n) is 31.1. The molecule has 0 spiro atoms. The average Bonchev–Trinajstić information content (AvgIpc) is 0.935. The molecule has 0 amide bonds. The van der Waals surface area contributed by atoms with Gasteiger partial charge in [0, 0.05) is 98.5 Å². The lowest BCUT2D eigenvalue weighted by atomic mass is 9.86. The number of benzene rings is 12. The zero-order chi connectivity index (χ0) is 62.8. The van der Waals surface area contributed by atoms with Crippen LogP contribution in [0.5, 0.6) is 0 Å². The fourth-order valence-corrected chi connectivity index (χ4v) is 13.7. The molecule has 2 fully saturated rings. The van der Waals surface area contributed by atoms with Crippen LogP contribution in [-0.4, -0.2) is 40.9 Å². The Hall–Kier alpha value is -13.0. The molecule has 93 heavy (non-hydrogen) atoms. The summed E-state index contributed by atoms with van der Waals surface area (Å²) in [6.07, 6.45) is 7.17. The van der Waals surface area contributed by atoms with Crippen molar-refractivity contribution in [3.05, 3.63) is 272 Å². The van der Waals surface area contributed by atoms with E-state index in [1.165, 1.54) is 31.5 Å². The highest BCUT2D eigenvalue weighted by Crippen LogP contribution is 2.43. The molecule has 7 nitrogen and oxygen atoms in total. The monoisotopic (exact) mass is 1190 g/mol. The van der Waals surface area contributed by atoms with Gasteiger partial charge in [-0.1, -0.05) is 193 Å². The third kappa shape index (κ3) is 10.6. The lowest BCUT2D eigenvalue weighted by molar-refractivity contribution is -0.416. The van der Waals surface area contributed by atoms with Gasteiger partial charge in [-0.2, -0.15) is 10.5 Å². The van der Waals surface area contributed by atoms with Gasteiger partial charge >= 0.3 is 5.70 Å². The molecule has 2 saturated heterocycles. The summed E-state index contributed by atoms with van der Waals surface area (Å²) >= 11 is 0. The van der Waals surface area contributed by atoms with E-state index in [1.807, 2.05) is 54.6 Å². The zero-order valence-corrected chi connectivity index (χ0v) is 50.4. The number of nitro groups is 1. The van der Waals surface area contributed by atoms with Gasteiger partial charge in [0.25, 0.3) is 0 Å². The molecule has 0 atom stereocenters. The molecule has 0 bridgehead atoms. The van der Waals surface area contributed by atoms with Crippen LogP contribution in [0.1, 0.15) is 70.2 Å². The van der Waals surface area contributed by atoms with Crippen molar-refractivity contribution >= 4 is 76.3 Å². The number of hydrogen-bond donors (Lipinski definition) is 0. The van der Waals surface area contributed by atoms with Crippen molar-refractivity contribution in [3.63, 3.8) is 0 Å². The van der Waals surface area contributed by atoms with Crippen molar-refractivity contribution in [3.8, 4) is 117 Å². The Bertz CT molecular complexity index is 5810. The van der Waals surface area contributed by atoms with Crippen molar-refractivity contribution in [2.45, 2.75) is 25.7 Å². The van der Waals surface area contributed by atoms with E-state index in [2.05, 4.69) is 233 Å². The van der Waals surface area contributed by atoms with E-state index >= 15 is 0 Å². The highest BCUT2D eigenvalue weighted by molar-refractivity contribution is 6.13. The molecule has 0 saturated carbocycles. The summed E-state index contributed by atoms with van der Waals surface area (Å²) in [6, 6.07) is 73.5. The fraction of sp³-hybridized carbons (Fsp3) is 0.0930. The lowest BCUT2D eigenvalue weighted by Gasteiger charge is -2.30. The summed E-state index contributed by atoms with van der Waals surface area (Å²) in [5.74, 6) is 42.3. The van der Waals surface area contributed by atoms with Gasteiger partial charge in [-0.25, -0.2) is 0 Å². The smallest absolute Gasteiger partial charge is 0.358 e. The van der Waals surface area contributed by atoms with Crippen LogP contribution in [0.25, 0.3) is 110 Å². The molecule has 0 radical (unpaired) electrons. The largest absolute Gasteiger partial charge is 0.363 e. The molecule has 432 valence electrons. The summed E-state index contributed by atoms with van der Waals surface area (Å²) in [5, 5.41) is 43.8.